The standard InChI is InChI=1S/C13H18N2O/c1-9-13(11(14)7-8-16)10-5-3-4-6-12(10)15(9)2/h3-6,11,16H,7-8,14H2,1-2H3. The Kier molecular flexibility index (Phi) is 2.99. The highest BCUT2D eigenvalue weighted by molar-refractivity contribution is 5.85. The van der Waals surface area contributed by atoms with Gasteiger partial charge in [0.1, 0.15) is 0 Å². The predicted octanol–water partition coefficient (Wildman–Crippen LogP) is 1.87. The minimum absolute atomic E-state index is 0.0869. The van der Waals surface area contributed by atoms with E-state index in [1.807, 2.05) is 19.2 Å². The van der Waals surface area contributed by atoms with E-state index >= 15 is 0 Å². The molecule has 0 spiro atoms. The summed E-state index contributed by atoms with van der Waals surface area (Å²) in [6, 6.07) is 8.16. The van der Waals surface area contributed by atoms with Crippen molar-refractivity contribution in [2.24, 2.45) is 12.8 Å². The molecule has 86 valence electrons. The maximum atomic E-state index is 8.98. The van der Waals surface area contributed by atoms with E-state index in [1.165, 1.54) is 16.6 Å². The van der Waals surface area contributed by atoms with E-state index in [0.29, 0.717) is 6.42 Å². The molecule has 2 rings (SSSR count). The van der Waals surface area contributed by atoms with Gasteiger partial charge in [0.2, 0.25) is 0 Å². The Morgan fingerprint density at radius 2 is 2.06 bits per heavy atom. The van der Waals surface area contributed by atoms with Crippen LogP contribution < -0.4 is 5.73 Å². The highest BCUT2D eigenvalue weighted by Crippen LogP contribution is 2.29. The Balaban J connectivity index is 2.64. The Labute approximate surface area is 95.5 Å². The van der Waals surface area contributed by atoms with Crippen molar-refractivity contribution in [3.63, 3.8) is 0 Å². The van der Waals surface area contributed by atoms with Gasteiger partial charge in [-0.3, -0.25) is 0 Å². The molecule has 1 aromatic carbocycles. The third-order valence-corrected chi connectivity index (χ3v) is 3.26. The maximum Gasteiger partial charge on any atom is 0.0483 e. The van der Waals surface area contributed by atoms with Crippen LogP contribution in [0.25, 0.3) is 10.9 Å². The molecule has 2 aromatic rings. The smallest absolute Gasteiger partial charge is 0.0483 e. The second kappa shape index (κ2) is 4.28. The number of nitrogens with zero attached hydrogens (tertiary/aromatic N) is 1. The number of benzene rings is 1. The molecular formula is C13H18N2O. The fourth-order valence-corrected chi connectivity index (χ4v) is 2.30. The highest BCUT2D eigenvalue weighted by Gasteiger charge is 2.16. The van der Waals surface area contributed by atoms with Gasteiger partial charge >= 0.3 is 0 Å². The minimum atomic E-state index is -0.0869. The van der Waals surface area contributed by atoms with Gasteiger partial charge in [0.05, 0.1) is 0 Å². The lowest BCUT2D eigenvalue weighted by Gasteiger charge is -2.10. The molecule has 16 heavy (non-hydrogen) atoms. The SMILES string of the molecule is Cc1c(C(N)CCO)c2ccccc2n1C. The Hall–Kier alpha value is -1.32. The van der Waals surface area contributed by atoms with Gasteiger partial charge in [0, 0.05) is 36.3 Å². The quantitative estimate of drug-likeness (QED) is 0.826. The first-order chi connectivity index (χ1) is 7.66. The summed E-state index contributed by atoms with van der Waals surface area (Å²) in [6.45, 7) is 2.20. The van der Waals surface area contributed by atoms with Gasteiger partial charge in [-0.1, -0.05) is 18.2 Å². The second-order valence-corrected chi connectivity index (χ2v) is 4.19. The van der Waals surface area contributed by atoms with Crippen molar-refractivity contribution in [1.82, 2.24) is 4.57 Å². The molecule has 1 heterocycles. The van der Waals surface area contributed by atoms with E-state index in [1.54, 1.807) is 0 Å². The topological polar surface area (TPSA) is 51.2 Å². The van der Waals surface area contributed by atoms with Crippen molar-refractivity contribution in [3.05, 3.63) is 35.5 Å². The van der Waals surface area contributed by atoms with Crippen molar-refractivity contribution < 1.29 is 5.11 Å². The van der Waals surface area contributed by atoms with Crippen molar-refractivity contribution >= 4 is 10.9 Å². The van der Waals surface area contributed by atoms with Gasteiger partial charge in [-0.2, -0.15) is 0 Å². The van der Waals surface area contributed by atoms with Gasteiger partial charge in [0.25, 0.3) is 0 Å². The highest BCUT2D eigenvalue weighted by atomic mass is 16.3. The first-order valence-electron chi connectivity index (χ1n) is 5.57. The zero-order chi connectivity index (χ0) is 11.7. The van der Waals surface area contributed by atoms with Gasteiger partial charge in [-0.05, 0) is 25.0 Å². The van der Waals surface area contributed by atoms with Crippen LogP contribution in [0, 0.1) is 6.92 Å². The van der Waals surface area contributed by atoms with Crippen LogP contribution in [0.5, 0.6) is 0 Å². The van der Waals surface area contributed by atoms with E-state index < -0.39 is 0 Å². The van der Waals surface area contributed by atoms with Crippen LogP contribution in [0.2, 0.25) is 0 Å². The predicted molar refractivity (Wildman–Crippen MR) is 66.3 cm³/mol. The summed E-state index contributed by atoms with van der Waals surface area (Å²) in [6.07, 6.45) is 0.606. The fraction of sp³-hybridized carbons (Fsp3) is 0.385. The summed E-state index contributed by atoms with van der Waals surface area (Å²) in [4.78, 5) is 0. The zero-order valence-electron chi connectivity index (χ0n) is 9.77. The Morgan fingerprint density at radius 1 is 1.38 bits per heavy atom. The molecule has 0 saturated heterocycles. The van der Waals surface area contributed by atoms with Crippen LogP contribution in [-0.2, 0) is 7.05 Å². The Bertz CT molecular complexity index is 502. The third-order valence-electron chi connectivity index (χ3n) is 3.26. The average molecular weight is 218 g/mol. The monoisotopic (exact) mass is 218 g/mol. The van der Waals surface area contributed by atoms with Crippen LogP contribution in [0.1, 0.15) is 23.7 Å². The lowest BCUT2D eigenvalue weighted by molar-refractivity contribution is 0.276. The minimum Gasteiger partial charge on any atom is -0.396 e. The van der Waals surface area contributed by atoms with E-state index in [2.05, 4.69) is 23.6 Å². The van der Waals surface area contributed by atoms with Gasteiger partial charge in [0.15, 0.2) is 0 Å². The summed E-state index contributed by atoms with van der Waals surface area (Å²) < 4.78 is 2.15. The second-order valence-electron chi connectivity index (χ2n) is 4.19. The molecule has 0 fully saturated rings. The van der Waals surface area contributed by atoms with Crippen LogP contribution in [0.3, 0.4) is 0 Å². The molecular weight excluding hydrogens is 200 g/mol. The molecule has 3 N–H and O–H groups in total. The lowest BCUT2D eigenvalue weighted by atomic mass is 10.0. The van der Waals surface area contributed by atoms with Gasteiger partial charge in [-0.25, -0.2) is 0 Å². The van der Waals surface area contributed by atoms with Crippen LogP contribution in [0.15, 0.2) is 24.3 Å². The Morgan fingerprint density at radius 3 is 2.75 bits per heavy atom. The fourth-order valence-electron chi connectivity index (χ4n) is 2.30. The van der Waals surface area contributed by atoms with Crippen LogP contribution in [0.4, 0.5) is 0 Å². The molecule has 0 aliphatic rings. The van der Waals surface area contributed by atoms with Crippen molar-refractivity contribution in [1.29, 1.82) is 0 Å². The third kappa shape index (κ3) is 1.62. The number of hydrogen-bond donors (Lipinski definition) is 2. The molecule has 3 nitrogen and oxygen atoms in total. The van der Waals surface area contributed by atoms with E-state index in [4.69, 9.17) is 10.8 Å². The molecule has 0 aliphatic heterocycles. The largest absolute Gasteiger partial charge is 0.396 e. The average Bonchev–Trinajstić information content (AvgIpc) is 2.53. The number of aromatic nitrogens is 1. The van der Waals surface area contributed by atoms with E-state index in [-0.39, 0.29) is 12.6 Å². The number of hydrogen-bond acceptors (Lipinski definition) is 2. The number of para-hydroxylation sites is 1. The number of fused-ring (bicyclic) bond motifs is 1. The summed E-state index contributed by atoms with van der Waals surface area (Å²) in [5.41, 5.74) is 9.65. The zero-order valence-corrected chi connectivity index (χ0v) is 9.77. The molecule has 0 aliphatic carbocycles. The lowest BCUT2D eigenvalue weighted by Crippen LogP contribution is -2.13. The van der Waals surface area contributed by atoms with E-state index in [9.17, 15) is 0 Å². The molecule has 1 atom stereocenters. The summed E-state index contributed by atoms with van der Waals surface area (Å²) in [5.74, 6) is 0. The van der Waals surface area contributed by atoms with Gasteiger partial charge < -0.3 is 15.4 Å². The van der Waals surface area contributed by atoms with Crippen LogP contribution >= 0.6 is 0 Å². The van der Waals surface area contributed by atoms with Crippen molar-refractivity contribution in [2.75, 3.05) is 6.61 Å². The van der Waals surface area contributed by atoms with Crippen molar-refractivity contribution in [3.8, 4) is 0 Å². The molecule has 0 bridgehead atoms. The molecule has 0 amide bonds. The number of nitrogens with two attached hydrogens (primary N) is 1. The number of aliphatic hydroxyl groups excluding tert-OH is 1. The normalized spacial score (nSPS) is 13.2. The first-order valence-corrected chi connectivity index (χ1v) is 5.57. The molecule has 0 saturated carbocycles. The summed E-state index contributed by atoms with van der Waals surface area (Å²) in [5, 5.41) is 10.2. The summed E-state index contributed by atoms with van der Waals surface area (Å²) in [7, 11) is 2.05. The van der Waals surface area contributed by atoms with Gasteiger partial charge in [-0.15, -0.1) is 0 Å². The first kappa shape index (κ1) is 11.2. The summed E-state index contributed by atoms with van der Waals surface area (Å²) >= 11 is 0. The number of rotatable bonds is 3. The molecule has 1 aromatic heterocycles. The molecule has 3 heteroatoms. The molecule has 1 unspecified atom stereocenters. The maximum absolute atomic E-state index is 8.98. The number of aryl methyl sites for hydroxylation is 1. The van der Waals surface area contributed by atoms with Crippen LogP contribution in [-0.4, -0.2) is 16.3 Å². The molecule has 0 radical (unpaired) electrons. The van der Waals surface area contributed by atoms with E-state index in [0.717, 1.165) is 5.56 Å². The number of aliphatic hydroxyl groups is 1. The van der Waals surface area contributed by atoms with Crippen molar-refractivity contribution in [2.45, 2.75) is 19.4 Å².